The van der Waals surface area contributed by atoms with Gasteiger partial charge in [0, 0.05) is 24.7 Å². The van der Waals surface area contributed by atoms with Gasteiger partial charge in [-0.1, -0.05) is 43.3 Å². The molecule has 0 aliphatic rings. The lowest BCUT2D eigenvalue weighted by molar-refractivity contribution is 0.458. The van der Waals surface area contributed by atoms with Crippen LogP contribution in [0, 0.1) is 0 Å². The van der Waals surface area contributed by atoms with E-state index in [1.807, 2.05) is 18.2 Å². The van der Waals surface area contributed by atoms with Crippen molar-refractivity contribution in [3.8, 4) is 17.0 Å². The number of aromatic hydroxyl groups is 1. The lowest BCUT2D eigenvalue weighted by atomic mass is 10.0. The number of nitrogens with zero attached hydrogens (tertiary/aromatic N) is 3. The van der Waals surface area contributed by atoms with Gasteiger partial charge in [0.05, 0.1) is 16.4 Å². The normalized spacial score (nSPS) is 11.7. The fourth-order valence-electron chi connectivity index (χ4n) is 3.71. The van der Waals surface area contributed by atoms with Crippen LogP contribution in [0.15, 0.2) is 70.2 Å². The molecule has 0 unspecified atom stereocenters. The number of rotatable bonds is 10. The third kappa shape index (κ3) is 5.24. The van der Waals surface area contributed by atoms with Crippen LogP contribution in [0.4, 0.5) is 5.82 Å². The number of hydrogen-bond acceptors (Lipinski definition) is 6. The minimum atomic E-state index is -3.75. The van der Waals surface area contributed by atoms with E-state index >= 15 is 0 Å². The Kier molecular flexibility index (Phi) is 7.50. The van der Waals surface area contributed by atoms with Crippen LogP contribution in [0.25, 0.3) is 16.9 Å². The molecule has 0 bridgehead atoms. The number of phenols is 1. The average molecular weight is 544 g/mol. The summed E-state index contributed by atoms with van der Waals surface area (Å²) in [5, 5.41) is 17.6. The summed E-state index contributed by atoms with van der Waals surface area (Å²) in [6.45, 7) is 3.02. The number of fused-ring (bicyclic) bond motifs is 1. The molecular formula is C24H26BrN5O3S. The molecule has 0 saturated carbocycles. The van der Waals surface area contributed by atoms with Gasteiger partial charge in [-0.2, -0.15) is 9.61 Å². The molecule has 0 aliphatic carbocycles. The minimum absolute atomic E-state index is 0.114. The number of aromatic nitrogens is 3. The first kappa shape index (κ1) is 24.2. The summed E-state index contributed by atoms with van der Waals surface area (Å²) >= 11 is 3.53. The zero-order chi connectivity index (χ0) is 24.1. The molecule has 3 N–H and O–H groups in total. The zero-order valence-electron chi connectivity index (χ0n) is 18.7. The molecule has 2 aromatic carbocycles. The van der Waals surface area contributed by atoms with Gasteiger partial charge in [0.15, 0.2) is 5.65 Å². The van der Waals surface area contributed by atoms with E-state index in [1.165, 1.54) is 17.7 Å². The molecule has 0 aliphatic heterocycles. The fourth-order valence-corrected chi connectivity index (χ4v) is 5.23. The number of aryl methyl sites for hydroxylation is 1. The lowest BCUT2D eigenvalue weighted by Gasteiger charge is -2.13. The molecule has 4 aromatic rings. The maximum absolute atomic E-state index is 12.4. The monoisotopic (exact) mass is 543 g/mol. The Morgan fingerprint density at radius 1 is 1.06 bits per heavy atom. The van der Waals surface area contributed by atoms with Crippen molar-refractivity contribution < 1.29 is 13.5 Å². The van der Waals surface area contributed by atoms with Crippen molar-refractivity contribution in [3.63, 3.8) is 0 Å². The molecule has 10 heteroatoms. The molecule has 2 heterocycles. The lowest BCUT2D eigenvalue weighted by Crippen LogP contribution is -2.25. The summed E-state index contributed by atoms with van der Waals surface area (Å²) in [6.07, 6.45) is 3.98. The quantitative estimate of drug-likeness (QED) is 0.252. The number of nitrogens with one attached hydrogen (secondary N) is 2. The van der Waals surface area contributed by atoms with Crippen LogP contribution in [-0.4, -0.2) is 41.2 Å². The number of phenolic OH excluding ortho intramolecular Hbond substituents is 1. The van der Waals surface area contributed by atoms with E-state index in [4.69, 9.17) is 4.98 Å². The molecular weight excluding hydrogens is 518 g/mol. The first-order valence-corrected chi connectivity index (χ1v) is 13.3. The van der Waals surface area contributed by atoms with Crippen molar-refractivity contribution in [2.45, 2.75) is 31.1 Å². The van der Waals surface area contributed by atoms with Crippen molar-refractivity contribution in [1.82, 2.24) is 19.3 Å². The number of anilines is 1. The van der Waals surface area contributed by atoms with Gasteiger partial charge in [-0.15, -0.1) is 0 Å². The molecule has 0 radical (unpaired) electrons. The number of para-hydroxylation sites is 1. The molecule has 0 saturated heterocycles. The summed E-state index contributed by atoms with van der Waals surface area (Å²) in [6, 6.07) is 16.1. The third-order valence-corrected chi connectivity index (χ3v) is 7.53. The molecule has 4 rings (SSSR count). The maximum Gasteiger partial charge on any atom is 0.244 e. The molecule has 0 amide bonds. The Morgan fingerprint density at radius 2 is 1.79 bits per heavy atom. The van der Waals surface area contributed by atoms with Crippen molar-refractivity contribution in [1.29, 1.82) is 0 Å². The molecule has 2 aromatic heterocycles. The summed E-state index contributed by atoms with van der Waals surface area (Å²) in [4.78, 5) is 4.70. The van der Waals surface area contributed by atoms with Crippen molar-refractivity contribution in [3.05, 3.63) is 70.8 Å². The second kappa shape index (κ2) is 10.5. The Hall–Kier alpha value is -2.95. The van der Waals surface area contributed by atoms with Crippen LogP contribution in [-0.2, 0) is 16.4 Å². The van der Waals surface area contributed by atoms with E-state index in [9.17, 15) is 13.5 Å². The number of halogens is 1. The fraction of sp³-hybridized carbons (Fsp3) is 0.250. The van der Waals surface area contributed by atoms with Crippen molar-refractivity contribution in [2.24, 2.45) is 0 Å². The van der Waals surface area contributed by atoms with E-state index in [2.05, 4.69) is 50.1 Å². The van der Waals surface area contributed by atoms with E-state index < -0.39 is 10.0 Å². The predicted molar refractivity (Wildman–Crippen MR) is 137 cm³/mol. The number of sulfonamides is 1. The highest BCUT2D eigenvalue weighted by atomic mass is 79.9. The third-order valence-electron chi connectivity index (χ3n) is 5.46. The predicted octanol–water partition coefficient (Wildman–Crippen LogP) is 4.60. The Labute approximate surface area is 207 Å². The smallest absolute Gasteiger partial charge is 0.244 e. The van der Waals surface area contributed by atoms with Gasteiger partial charge in [0.1, 0.15) is 16.5 Å². The first-order valence-electron chi connectivity index (χ1n) is 11.0. The van der Waals surface area contributed by atoms with Gasteiger partial charge in [0.25, 0.3) is 0 Å². The topological polar surface area (TPSA) is 109 Å². The Morgan fingerprint density at radius 3 is 2.59 bits per heavy atom. The van der Waals surface area contributed by atoms with Crippen LogP contribution in [0.3, 0.4) is 0 Å². The molecule has 8 nitrogen and oxygen atoms in total. The largest absolute Gasteiger partial charge is 0.507 e. The van der Waals surface area contributed by atoms with Crippen LogP contribution >= 0.6 is 15.9 Å². The van der Waals surface area contributed by atoms with E-state index in [0.717, 1.165) is 40.0 Å². The molecule has 0 fully saturated rings. The molecule has 0 atom stereocenters. The number of unbranched alkanes of at least 4 members (excludes halogenated alkanes) is 1. The van der Waals surface area contributed by atoms with Gasteiger partial charge in [-0.3, -0.25) is 0 Å². The van der Waals surface area contributed by atoms with Crippen LogP contribution < -0.4 is 10.0 Å². The van der Waals surface area contributed by atoms with Gasteiger partial charge in [-0.05, 0) is 52.9 Å². The van der Waals surface area contributed by atoms with Crippen LogP contribution in [0.1, 0.15) is 25.3 Å². The highest BCUT2D eigenvalue weighted by molar-refractivity contribution is 9.10. The highest BCUT2D eigenvalue weighted by Crippen LogP contribution is 2.28. The van der Waals surface area contributed by atoms with E-state index in [1.54, 1.807) is 22.8 Å². The SMILES string of the molecule is CCc1ccccc1-c1cc(NCCCCNS(=O)(=O)c2ccccc2O)n2ncc(Br)c2n1. The maximum atomic E-state index is 12.4. The van der Waals surface area contributed by atoms with Gasteiger partial charge in [-0.25, -0.2) is 18.1 Å². The van der Waals surface area contributed by atoms with Crippen LogP contribution in [0.5, 0.6) is 5.75 Å². The van der Waals surface area contributed by atoms with E-state index in [-0.39, 0.29) is 17.2 Å². The second-order valence-electron chi connectivity index (χ2n) is 7.76. The Balaban J connectivity index is 1.41. The minimum Gasteiger partial charge on any atom is -0.507 e. The summed E-state index contributed by atoms with van der Waals surface area (Å²) < 4.78 is 29.8. The Bertz CT molecular complexity index is 1410. The van der Waals surface area contributed by atoms with Gasteiger partial charge < -0.3 is 10.4 Å². The number of hydrogen-bond donors (Lipinski definition) is 3. The number of benzene rings is 2. The molecule has 34 heavy (non-hydrogen) atoms. The average Bonchev–Trinajstić information content (AvgIpc) is 3.22. The summed E-state index contributed by atoms with van der Waals surface area (Å²) in [7, 11) is -3.75. The van der Waals surface area contributed by atoms with Crippen molar-refractivity contribution >= 4 is 37.4 Å². The molecule has 0 spiro atoms. The molecule has 178 valence electrons. The first-order chi connectivity index (χ1) is 16.4. The van der Waals surface area contributed by atoms with E-state index in [0.29, 0.717) is 13.0 Å². The summed E-state index contributed by atoms with van der Waals surface area (Å²) in [5.74, 6) is 0.551. The van der Waals surface area contributed by atoms with Crippen LogP contribution in [0.2, 0.25) is 0 Å². The van der Waals surface area contributed by atoms with Gasteiger partial charge in [0.2, 0.25) is 10.0 Å². The summed E-state index contributed by atoms with van der Waals surface area (Å²) in [5.41, 5.74) is 3.89. The zero-order valence-corrected chi connectivity index (χ0v) is 21.1. The highest BCUT2D eigenvalue weighted by Gasteiger charge is 2.17. The van der Waals surface area contributed by atoms with Crippen molar-refractivity contribution in [2.75, 3.05) is 18.4 Å². The van der Waals surface area contributed by atoms with Gasteiger partial charge >= 0.3 is 0 Å². The second-order valence-corrected chi connectivity index (χ2v) is 10.4. The standard InChI is InChI=1S/C24H26BrN5O3S/c1-2-17-9-3-4-10-18(17)20-15-23(30-24(29-20)19(25)16-27-30)26-13-7-8-14-28-34(32,33)22-12-6-5-11-21(22)31/h3-6,9-12,15-16,26,28,31H,2,7-8,13-14H2,1H3.